The average Bonchev–Trinajstić information content (AvgIpc) is 2.80. The van der Waals surface area contributed by atoms with Crippen LogP contribution in [0.1, 0.15) is 11.4 Å². The van der Waals surface area contributed by atoms with Crippen molar-refractivity contribution in [3.63, 3.8) is 0 Å². The van der Waals surface area contributed by atoms with Crippen molar-refractivity contribution >= 4 is 33.2 Å². The molecular weight excluding hydrogens is 246 g/mol. The van der Waals surface area contributed by atoms with E-state index < -0.39 is 0 Å². The maximum atomic E-state index is 4.44. The van der Waals surface area contributed by atoms with Crippen molar-refractivity contribution in [2.45, 2.75) is 13.8 Å². The van der Waals surface area contributed by atoms with Crippen molar-refractivity contribution in [1.82, 2.24) is 20.2 Å². The molecule has 0 atom stereocenters. The molecule has 90 valence electrons. The van der Waals surface area contributed by atoms with Crippen molar-refractivity contribution in [1.29, 1.82) is 0 Å². The molecule has 0 aliphatic rings. The molecule has 0 spiro atoms. The molecule has 0 saturated heterocycles. The standard InChI is InChI=1S/C12H11N5S/c1-7-3-4-9-10(16-12-17-13-6-18-12)5-8(2)15-11(9)14-7/h3-6H,1-2H3,(H,14,15,16,17). The minimum atomic E-state index is 0.752. The number of hydrogen-bond donors (Lipinski definition) is 1. The number of hydrogen-bond acceptors (Lipinski definition) is 6. The first-order valence-electron chi connectivity index (χ1n) is 5.50. The highest BCUT2D eigenvalue weighted by molar-refractivity contribution is 7.13. The van der Waals surface area contributed by atoms with Crippen molar-refractivity contribution in [2.75, 3.05) is 5.32 Å². The van der Waals surface area contributed by atoms with Gasteiger partial charge in [-0.3, -0.25) is 0 Å². The molecule has 0 aliphatic carbocycles. The maximum absolute atomic E-state index is 4.44. The number of aromatic nitrogens is 4. The summed E-state index contributed by atoms with van der Waals surface area (Å²) in [6, 6.07) is 5.98. The van der Waals surface area contributed by atoms with Gasteiger partial charge in [0, 0.05) is 16.8 Å². The minimum absolute atomic E-state index is 0.752. The molecule has 0 saturated carbocycles. The lowest BCUT2D eigenvalue weighted by Crippen LogP contribution is -1.96. The Hall–Kier alpha value is -2.08. The van der Waals surface area contributed by atoms with Crippen LogP contribution in [-0.4, -0.2) is 20.2 Å². The third kappa shape index (κ3) is 2.02. The summed E-state index contributed by atoms with van der Waals surface area (Å²) in [7, 11) is 0. The normalized spacial score (nSPS) is 10.8. The van der Waals surface area contributed by atoms with Crippen molar-refractivity contribution in [3.05, 3.63) is 35.1 Å². The van der Waals surface area contributed by atoms with E-state index in [2.05, 4.69) is 25.5 Å². The summed E-state index contributed by atoms with van der Waals surface area (Å²) in [4.78, 5) is 8.89. The van der Waals surface area contributed by atoms with Crippen LogP contribution in [0.4, 0.5) is 10.8 Å². The second-order valence-corrected chi connectivity index (χ2v) is 4.84. The van der Waals surface area contributed by atoms with Gasteiger partial charge in [-0.1, -0.05) is 11.3 Å². The van der Waals surface area contributed by atoms with E-state index in [1.807, 2.05) is 32.0 Å². The fourth-order valence-corrected chi connectivity index (χ4v) is 2.23. The Morgan fingerprint density at radius 1 is 1.11 bits per heavy atom. The molecule has 6 heteroatoms. The Labute approximate surface area is 108 Å². The molecule has 5 nitrogen and oxygen atoms in total. The highest BCUT2D eigenvalue weighted by Gasteiger charge is 2.07. The van der Waals surface area contributed by atoms with E-state index in [1.165, 1.54) is 11.3 Å². The lowest BCUT2D eigenvalue weighted by molar-refractivity contribution is 1.09. The van der Waals surface area contributed by atoms with Gasteiger partial charge >= 0.3 is 0 Å². The van der Waals surface area contributed by atoms with Crippen LogP contribution in [0.2, 0.25) is 0 Å². The molecule has 0 aliphatic heterocycles. The van der Waals surface area contributed by atoms with Crippen LogP contribution in [0.15, 0.2) is 23.7 Å². The second kappa shape index (κ2) is 4.30. The first-order valence-corrected chi connectivity index (χ1v) is 6.38. The van der Waals surface area contributed by atoms with Crippen molar-refractivity contribution in [2.24, 2.45) is 0 Å². The van der Waals surface area contributed by atoms with E-state index in [0.717, 1.165) is 33.2 Å². The van der Waals surface area contributed by atoms with Gasteiger partial charge in [0.2, 0.25) is 5.13 Å². The number of fused-ring (bicyclic) bond motifs is 1. The second-order valence-electron chi connectivity index (χ2n) is 4.00. The molecule has 0 bridgehead atoms. The number of aryl methyl sites for hydroxylation is 2. The topological polar surface area (TPSA) is 63.6 Å². The van der Waals surface area contributed by atoms with Crippen molar-refractivity contribution in [3.8, 4) is 0 Å². The molecule has 18 heavy (non-hydrogen) atoms. The molecule has 0 unspecified atom stereocenters. The summed E-state index contributed by atoms with van der Waals surface area (Å²) in [6.07, 6.45) is 0. The zero-order valence-electron chi connectivity index (χ0n) is 10.0. The minimum Gasteiger partial charge on any atom is -0.329 e. The van der Waals surface area contributed by atoms with Crippen LogP contribution in [0.5, 0.6) is 0 Å². The van der Waals surface area contributed by atoms with Gasteiger partial charge in [0.15, 0.2) is 5.65 Å². The molecule has 0 aromatic carbocycles. The summed E-state index contributed by atoms with van der Waals surface area (Å²) in [5.41, 5.74) is 5.29. The highest BCUT2D eigenvalue weighted by Crippen LogP contribution is 2.26. The van der Waals surface area contributed by atoms with Gasteiger partial charge in [0.1, 0.15) is 5.51 Å². The van der Waals surface area contributed by atoms with Crippen LogP contribution in [-0.2, 0) is 0 Å². The van der Waals surface area contributed by atoms with E-state index in [0.29, 0.717) is 0 Å². The number of nitrogens with zero attached hydrogens (tertiary/aromatic N) is 4. The lowest BCUT2D eigenvalue weighted by Gasteiger charge is -2.08. The van der Waals surface area contributed by atoms with Crippen LogP contribution in [0, 0.1) is 13.8 Å². The molecule has 3 rings (SSSR count). The van der Waals surface area contributed by atoms with E-state index in [9.17, 15) is 0 Å². The number of nitrogens with one attached hydrogen (secondary N) is 1. The highest BCUT2D eigenvalue weighted by atomic mass is 32.1. The molecule has 0 radical (unpaired) electrons. The molecular formula is C12H11N5S. The third-order valence-electron chi connectivity index (χ3n) is 2.54. The first-order chi connectivity index (χ1) is 8.72. The van der Waals surface area contributed by atoms with Gasteiger partial charge < -0.3 is 5.32 Å². The Morgan fingerprint density at radius 2 is 1.94 bits per heavy atom. The van der Waals surface area contributed by atoms with E-state index in [1.54, 1.807) is 5.51 Å². The molecule has 0 fully saturated rings. The van der Waals surface area contributed by atoms with E-state index in [4.69, 9.17) is 0 Å². The van der Waals surface area contributed by atoms with Crippen LogP contribution >= 0.6 is 11.3 Å². The molecule has 0 amide bonds. The molecule has 3 aromatic heterocycles. The van der Waals surface area contributed by atoms with Gasteiger partial charge in [-0.15, -0.1) is 10.2 Å². The monoisotopic (exact) mass is 257 g/mol. The Balaban J connectivity index is 2.15. The number of pyridine rings is 2. The summed E-state index contributed by atoms with van der Waals surface area (Å²) < 4.78 is 0. The first kappa shape index (κ1) is 11.0. The Bertz CT molecular complexity index is 688. The molecule has 3 aromatic rings. The molecule has 1 N–H and O–H groups in total. The predicted molar refractivity (Wildman–Crippen MR) is 72.2 cm³/mol. The zero-order valence-corrected chi connectivity index (χ0v) is 10.8. The fraction of sp³-hybridized carbons (Fsp3) is 0.167. The lowest BCUT2D eigenvalue weighted by atomic mass is 10.2. The Kier molecular flexibility index (Phi) is 2.64. The number of anilines is 2. The Morgan fingerprint density at radius 3 is 2.72 bits per heavy atom. The van der Waals surface area contributed by atoms with Gasteiger partial charge in [-0.05, 0) is 32.0 Å². The summed E-state index contributed by atoms with van der Waals surface area (Å²) in [6.45, 7) is 3.91. The van der Waals surface area contributed by atoms with Crippen LogP contribution in [0.25, 0.3) is 11.0 Å². The largest absolute Gasteiger partial charge is 0.329 e. The SMILES string of the molecule is Cc1ccc2c(Nc3nncs3)cc(C)nc2n1. The van der Waals surface area contributed by atoms with Gasteiger partial charge in [0.25, 0.3) is 0 Å². The smallest absolute Gasteiger partial charge is 0.209 e. The van der Waals surface area contributed by atoms with Crippen LogP contribution in [0.3, 0.4) is 0 Å². The van der Waals surface area contributed by atoms with Gasteiger partial charge in [0.05, 0.1) is 5.69 Å². The third-order valence-corrected chi connectivity index (χ3v) is 3.15. The molecule has 3 heterocycles. The summed E-state index contributed by atoms with van der Waals surface area (Å²) in [5, 5.41) is 12.8. The van der Waals surface area contributed by atoms with Gasteiger partial charge in [-0.2, -0.15) is 0 Å². The average molecular weight is 257 g/mol. The van der Waals surface area contributed by atoms with E-state index >= 15 is 0 Å². The van der Waals surface area contributed by atoms with Crippen molar-refractivity contribution < 1.29 is 0 Å². The quantitative estimate of drug-likeness (QED) is 0.764. The van der Waals surface area contributed by atoms with E-state index in [-0.39, 0.29) is 0 Å². The number of rotatable bonds is 2. The fourth-order valence-electron chi connectivity index (χ4n) is 1.77. The summed E-state index contributed by atoms with van der Waals surface area (Å²) in [5.74, 6) is 0. The zero-order chi connectivity index (χ0) is 12.5. The predicted octanol–water partition coefficient (Wildman–Crippen LogP) is 2.84. The van der Waals surface area contributed by atoms with Gasteiger partial charge in [-0.25, -0.2) is 9.97 Å². The maximum Gasteiger partial charge on any atom is 0.209 e. The summed E-state index contributed by atoms with van der Waals surface area (Å²) >= 11 is 1.46. The van der Waals surface area contributed by atoms with Crippen LogP contribution < -0.4 is 5.32 Å².